The molecule has 1 saturated carbocycles. The maximum absolute atomic E-state index is 11.7. The number of aliphatic hydroxyl groups excluding tert-OH is 1. The third kappa shape index (κ3) is 4.45. The van der Waals surface area contributed by atoms with Gasteiger partial charge in [0.25, 0.3) is 0 Å². The number of hydrogen-bond donors (Lipinski definition) is 1. The fourth-order valence-electron chi connectivity index (χ4n) is 2.67. The van der Waals surface area contributed by atoms with Crippen LogP contribution >= 0.6 is 0 Å². The Morgan fingerprint density at radius 3 is 2.67 bits per heavy atom. The minimum absolute atomic E-state index is 0.0693. The highest BCUT2D eigenvalue weighted by molar-refractivity contribution is 5.70. The van der Waals surface area contributed by atoms with Crippen molar-refractivity contribution in [3.05, 3.63) is 12.2 Å². The number of esters is 1. The minimum Gasteiger partial charge on any atom is -0.462 e. The van der Waals surface area contributed by atoms with Gasteiger partial charge in [0.05, 0.1) is 12.5 Å². The van der Waals surface area contributed by atoms with Gasteiger partial charge >= 0.3 is 5.97 Å². The Labute approximate surface area is 110 Å². The number of carbonyl (C=O) groups excluding carboxylic acids is 1. The van der Waals surface area contributed by atoms with E-state index in [0.29, 0.717) is 0 Å². The summed E-state index contributed by atoms with van der Waals surface area (Å²) in [6.45, 7) is 12.0. The fraction of sp³-hybridized carbons (Fsp3) is 0.800. The highest BCUT2D eigenvalue weighted by Crippen LogP contribution is 2.42. The Hall–Kier alpha value is -0.830. The molecule has 0 saturated heterocycles. The van der Waals surface area contributed by atoms with Crippen molar-refractivity contribution in [1.29, 1.82) is 0 Å². The number of aliphatic hydroxyl groups is 1. The van der Waals surface area contributed by atoms with Crippen LogP contribution in [0.2, 0.25) is 0 Å². The van der Waals surface area contributed by atoms with Crippen molar-refractivity contribution in [2.45, 2.75) is 65.6 Å². The van der Waals surface area contributed by atoms with E-state index >= 15 is 0 Å². The van der Waals surface area contributed by atoms with Gasteiger partial charge in [-0.05, 0) is 38.5 Å². The summed E-state index contributed by atoms with van der Waals surface area (Å²) in [5.74, 6) is -0.0464. The summed E-state index contributed by atoms with van der Waals surface area (Å²) in [6.07, 6.45) is 2.37. The Kier molecular flexibility index (Phi) is 4.97. The van der Waals surface area contributed by atoms with Crippen LogP contribution in [0.3, 0.4) is 0 Å². The zero-order chi connectivity index (χ0) is 13.9. The molecule has 3 nitrogen and oxygen atoms in total. The van der Waals surface area contributed by atoms with Crippen molar-refractivity contribution in [3.8, 4) is 0 Å². The molecule has 1 aliphatic rings. The average Bonchev–Trinajstić information content (AvgIpc) is 2.13. The van der Waals surface area contributed by atoms with Gasteiger partial charge in [-0.1, -0.05) is 26.0 Å². The average molecular weight is 254 g/mol. The van der Waals surface area contributed by atoms with Gasteiger partial charge in [0, 0.05) is 5.92 Å². The van der Waals surface area contributed by atoms with Crippen molar-refractivity contribution in [3.63, 3.8) is 0 Å². The number of ether oxygens (including phenoxy) is 1. The summed E-state index contributed by atoms with van der Waals surface area (Å²) in [6, 6.07) is 0. The summed E-state index contributed by atoms with van der Waals surface area (Å²) in [7, 11) is 0. The second-order valence-electron chi connectivity index (χ2n) is 6.44. The Morgan fingerprint density at radius 2 is 2.17 bits per heavy atom. The van der Waals surface area contributed by atoms with Crippen LogP contribution in [0, 0.1) is 11.3 Å². The van der Waals surface area contributed by atoms with Crippen LogP contribution in [0.5, 0.6) is 0 Å². The highest BCUT2D eigenvalue weighted by Gasteiger charge is 2.37. The molecule has 104 valence electrons. The summed E-state index contributed by atoms with van der Waals surface area (Å²) >= 11 is 0. The first-order valence-corrected chi connectivity index (χ1v) is 6.74. The monoisotopic (exact) mass is 254 g/mol. The topological polar surface area (TPSA) is 46.5 Å². The molecule has 0 aromatic heterocycles. The zero-order valence-corrected chi connectivity index (χ0v) is 12.0. The molecule has 0 aliphatic heterocycles. The second-order valence-corrected chi connectivity index (χ2v) is 6.44. The van der Waals surface area contributed by atoms with Gasteiger partial charge in [-0.2, -0.15) is 0 Å². The Bertz CT molecular complexity index is 318. The lowest BCUT2D eigenvalue weighted by molar-refractivity contribution is -0.157. The van der Waals surface area contributed by atoms with Gasteiger partial charge in [-0.25, -0.2) is 0 Å². The van der Waals surface area contributed by atoms with E-state index in [-0.39, 0.29) is 29.8 Å². The summed E-state index contributed by atoms with van der Waals surface area (Å²) in [5, 5.41) is 9.21. The van der Waals surface area contributed by atoms with E-state index in [2.05, 4.69) is 20.4 Å². The Balaban J connectivity index is 2.67. The highest BCUT2D eigenvalue weighted by atomic mass is 16.5. The molecule has 0 amide bonds. The second kappa shape index (κ2) is 5.87. The van der Waals surface area contributed by atoms with E-state index in [1.807, 2.05) is 6.92 Å². The molecular formula is C15H26O3. The van der Waals surface area contributed by atoms with Crippen molar-refractivity contribution < 1.29 is 14.6 Å². The van der Waals surface area contributed by atoms with Crippen molar-refractivity contribution in [2.75, 3.05) is 0 Å². The van der Waals surface area contributed by atoms with E-state index in [1.54, 1.807) is 6.92 Å². The van der Waals surface area contributed by atoms with Crippen LogP contribution < -0.4 is 0 Å². The number of hydrogen-bond acceptors (Lipinski definition) is 3. The molecule has 1 rings (SSSR count). The van der Waals surface area contributed by atoms with Crippen LogP contribution in [-0.2, 0) is 9.53 Å². The zero-order valence-electron chi connectivity index (χ0n) is 12.0. The fourth-order valence-corrected chi connectivity index (χ4v) is 2.67. The minimum atomic E-state index is -0.641. The predicted octanol–water partition coefficient (Wildman–Crippen LogP) is 3.07. The van der Waals surface area contributed by atoms with Crippen molar-refractivity contribution in [2.24, 2.45) is 11.3 Å². The van der Waals surface area contributed by atoms with Gasteiger partial charge in [-0.3, -0.25) is 4.79 Å². The molecular weight excluding hydrogens is 228 g/mol. The SMILES string of the molecule is C=C(C)C1CCC(C)(C)CC1OC(=O)CC(C)O. The third-order valence-electron chi connectivity index (χ3n) is 3.71. The first-order valence-electron chi connectivity index (χ1n) is 6.74. The summed E-state index contributed by atoms with van der Waals surface area (Å²) in [5.41, 5.74) is 1.29. The van der Waals surface area contributed by atoms with E-state index in [1.165, 1.54) is 0 Å². The van der Waals surface area contributed by atoms with Crippen molar-refractivity contribution >= 4 is 5.97 Å². The molecule has 1 aliphatic carbocycles. The van der Waals surface area contributed by atoms with Gasteiger partial charge in [-0.15, -0.1) is 0 Å². The van der Waals surface area contributed by atoms with Gasteiger partial charge in [0.1, 0.15) is 6.10 Å². The standard InChI is InChI=1S/C15H26O3/c1-10(2)12-6-7-15(4,5)9-13(12)18-14(17)8-11(3)16/h11-13,16H,1,6-9H2,2-5H3. The summed E-state index contributed by atoms with van der Waals surface area (Å²) in [4.78, 5) is 11.7. The molecule has 0 bridgehead atoms. The molecule has 0 aromatic rings. The molecule has 3 atom stereocenters. The summed E-state index contributed by atoms with van der Waals surface area (Å²) < 4.78 is 5.55. The third-order valence-corrected chi connectivity index (χ3v) is 3.71. The number of rotatable bonds is 4. The first kappa shape index (κ1) is 15.2. The van der Waals surface area contributed by atoms with E-state index in [4.69, 9.17) is 4.74 Å². The normalized spacial score (nSPS) is 28.5. The van der Waals surface area contributed by atoms with Gasteiger partial charge in [0.15, 0.2) is 0 Å². The molecule has 0 aromatic carbocycles. The van der Waals surface area contributed by atoms with E-state index in [0.717, 1.165) is 24.8 Å². The number of carbonyl (C=O) groups is 1. The van der Waals surface area contributed by atoms with E-state index < -0.39 is 6.10 Å². The van der Waals surface area contributed by atoms with Gasteiger partial charge in [0.2, 0.25) is 0 Å². The molecule has 3 unspecified atom stereocenters. The van der Waals surface area contributed by atoms with E-state index in [9.17, 15) is 9.90 Å². The van der Waals surface area contributed by atoms with Crippen LogP contribution in [0.1, 0.15) is 53.4 Å². The molecule has 1 fully saturated rings. The molecule has 0 radical (unpaired) electrons. The quantitative estimate of drug-likeness (QED) is 0.619. The van der Waals surface area contributed by atoms with Crippen molar-refractivity contribution in [1.82, 2.24) is 0 Å². The van der Waals surface area contributed by atoms with Crippen LogP contribution in [0.25, 0.3) is 0 Å². The lowest BCUT2D eigenvalue weighted by atomic mass is 9.70. The van der Waals surface area contributed by atoms with Crippen LogP contribution in [-0.4, -0.2) is 23.3 Å². The lowest BCUT2D eigenvalue weighted by Crippen LogP contribution is -2.38. The smallest absolute Gasteiger partial charge is 0.308 e. The predicted molar refractivity (Wildman–Crippen MR) is 72.1 cm³/mol. The van der Waals surface area contributed by atoms with Gasteiger partial charge < -0.3 is 9.84 Å². The van der Waals surface area contributed by atoms with Crippen LogP contribution in [0.15, 0.2) is 12.2 Å². The maximum Gasteiger partial charge on any atom is 0.308 e. The lowest BCUT2D eigenvalue weighted by Gasteiger charge is -2.40. The largest absolute Gasteiger partial charge is 0.462 e. The molecule has 0 spiro atoms. The Morgan fingerprint density at radius 1 is 1.56 bits per heavy atom. The molecule has 18 heavy (non-hydrogen) atoms. The molecule has 1 N–H and O–H groups in total. The maximum atomic E-state index is 11.7. The van der Waals surface area contributed by atoms with Crippen LogP contribution in [0.4, 0.5) is 0 Å². The molecule has 0 heterocycles. The molecule has 3 heteroatoms. The first-order chi connectivity index (χ1) is 8.21.